The van der Waals surface area contributed by atoms with Gasteiger partial charge in [-0.2, -0.15) is 0 Å². The maximum absolute atomic E-state index is 12.6. The van der Waals surface area contributed by atoms with Crippen LogP contribution in [0.2, 0.25) is 0 Å². The number of thiophene rings is 1. The van der Waals surface area contributed by atoms with Crippen LogP contribution in [0.5, 0.6) is 0 Å². The van der Waals surface area contributed by atoms with Gasteiger partial charge in [-0.05, 0) is 45.6 Å². The number of fused-ring (bicyclic) bond motifs is 1. The molecule has 1 fully saturated rings. The van der Waals surface area contributed by atoms with Crippen molar-refractivity contribution in [2.45, 2.75) is 52.6 Å². The zero-order valence-electron chi connectivity index (χ0n) is 13.3. The third-order valence-corrected chi connectivity index (χ3v) is 5.70. The van der Waals surface area contributed by atoms with Crippen LogP contribution >= 0.6 is 11.3 Å². The van der Waals surface area contributed by atoms with Crippen molar-refractivity contribution in [2.75, 3.05) is 6.54 Å². The number of rotatable bonds is 2. The lowest BCUT2D eigenvalue weighted by Gasteiger charge is -2.33. The van der Waals surface area contributed by atoms with Crippen molar-refractivity contribution in [3.05, 3.63) is 27.1 Å². The summed E-state index contributed by atoms with van der Waals surface area (Å²) in [5.41, 5.74) is 0.871. The summed E-state index contributed by atoms with van der Waals surface area (Å²) in [5.74, 6) is 0.0139. The largest absolute Gasteiger partial charge is 0.338 e. The normalized spacial score (nSPS) is 18.9. The van der Waals surface area contributed by atoms with E-state index in [0.29, 0.717) is 5.39 Å². The molecule has 0 radical (unpaired) electrons. The number of likely N-dealkylation sites (tertiary alicyclic amines) is 1. The van der Waals surface area contributed by atoms with Crippen LogP contribution < -0.4 is 5.56 Å². The Labute approximate surface area is 133 Å². The average Bonchev–Trinajstić information content (AvgIpc) is 2.78. The van der Waals surface area contributed by atoms with Crippen LogP contribution in [-0.4, -0.2) is 32.9 Å². The summed E-state index contributed by atoms with van der Waals surface area (Å²) in [6.45, 7) is 6.89. The second-order valence-electron chi connectivity index (χ2n) is 6.07. The molecule has 5 nitrogen and oxygen atoms in total. The SMILES string of the molecule is Cc1sc2ncn(CC(=O)N3CCCC[C@@H]3C)c(=O)c2c1C. The van der Waals surface area contributed by atoms with Crippen LogP contribution in [0.25, 0.3) is 10.2 Å². The smallest absolute Gasteiger partial charge is 0.262 e. The maximum Gasteiger partial charge on any atom is 0.262 e. The second kappa shape index (κ2) is 5.83. The van der Waals surface area contributed by atoms with Gasteiger partial charge in [-0.3, -0.25) is 14.2 Å². The molecule has 0 aromatic carbocycles. The van der Waals surface area contributed by atoms with E-state index in [1.165, 1.54) is 28.7 Å². The van der Waals surface area contributed by atoms with Crippen molar-refractivity contribution in [1.29, 1.82) is 0 Å². The van der Waals surface area contributed by atoms with Crippen molar-refractivity contribution < 1.29 is 4.79 Å². The Morgan fingerprint density at radius 2 is 2.18 bits per heavy atom. The molecule has 0 unspecified atom stereocenters. The van der Waals surface area contributed by atoms with E-state index in [9.17, 15) is 9.59 Å². The van der Waals surface area contributed by atoms with E-state index in [2.05, 4.69) is 11.9 Å². The molecule has 0 saturated carbocycles. The molecule has 2 aromatic heterocycles. The molecule has 3 heterocycles. The molecule has 0 bridgehead atoms. The number of aryl methyl sites for hydroxylation is 2. The lowest BCUT2D eigenvalue weighted by atomic mass is 10.0. The summed E-state index contributed by atoms with van der Waals surface area (Å²) in [7, 11) is 0. The topological polar surface area (TPSA) is 55.2 Å². The van der Waals surface area contributed by atoms with Crippen molar-refractivity contribution in [1.82, 2.24) is 14.5 Å². The molecule has 1 aliphatic heterocycles. The Morgan fingerprint density at radius 1 is 1.41 bits per heavy atom. The Kier molecular flexibility index (Phi) is 4.04. The van der Waals surface area contributed by atoms with Gasteiger partial charge in [0.15, 0.2) is 0 Å². The van der Waals surface area contributed by atoms with Gasteiger partial charge in [0, 0.05) is 17.5 Å². The van der Waals surface area contributed by atoms with E-state index < -0.39 is 0 Å². The molecule has 1 saturated heterocycles. The van der Waals surface area contributed by atoms with E-state index in [-0.39, 0.29) is 24.1 Å². The summed E-state index contributed by atoms with van der Waals surface area (Å²) in [5, 5.41) is 0.657. The Hall–Kier alpha value is -1.69. The lowest BCUT2D eigenvalue weighted by molar-refractivity contribution is -0.135. The first-order chi connectivity index (χ1) is 10.5. The van der Waals surface area contributed by atoms with E-state index >= 15 is 0 Å². The number of piperidine rings is 1. The standard InChI is InChI=1S/C16H21N3O2S/c1-10-6-4-5-7-19(10)13(20)8-18-9-17-15-14(16(18)21)11(2)12(3)22-15/h9-10H,4-8H2,1-3H3/t10-/m0/s1. The van der Waals surface area contributed by atoms with E-state index in [4.69, 9.17) is 0 Å². The molecule has 1 aliphatic rings. The van der Waals surface area contributed by atoms with Gasteiger partial charge in [-0.1, -0.05) is 0 Å². The van der Waals surface area contributed by atoms with E-state index in [1.54, 1.807) is 0 Å². The summed E-state index contributed by atoms with van der Waals surface area (Å²) >= 11 is 1.53. The van der Waals surface area contributed by atoms with Gasteiger partial charge in [0.25, 0.3) is 5.56 Å². The molecule has 0 spiro atoms. The zero-order chi connectivity index (χ0) is 15.9. The molecule has 6 heteroatoms. The molecule has 2 aromatic rings. The highest BCUT2D eigenvalue weighted by atomic mass is 32.1. The van der Waals surface area contributed by atoms with Gasteiger partial charge in [-0.25, -0.2) is 4.98 Å². The van der Waals surface area contributed by atoms with E-state index in [0.717, 1.165) is 34.7 Å². The van der Waals surface area contributed by atoms with Crippen LogP contribution in [0, 0.1) is 13.8 Å². The van der Waals surface area contributed by atoms with Crippen molar-refractivity contribution in [3.8, 4) is 0 Å². The minimum atomic E-state index is -0.107. The first-order valence-electron chi connectivity index (χ1n) is 7.73. The van der Waals surface area contributed by atoms with Crippen molar-refractivity contribution >= 4 is 27.5 Å². The van der Waals surface area contributed by atoms with Gasteiger partial charge in [0.1, 0.15) is 11.4 Å². The minimum absolute atomic E-state index is 0.0139. The third kappa shape index (κ3) is 2.56. The van der Waals surface area contributed by atoms with Crippen molar-refractivity contribution in [2.24, 2.45) is 0 Å². The molecule has 1 atom stereocenters. The van der Waals surface area contributed by atoms with Gasteiger partial charge >= 0.3 is 0 Å². The summed E-state index contributed by atoms with van der Waals surface area (Å²) in [6.07, 6.45) is 4.77. The Balaban J connectivity index is 1.91. The molecule has 0 aliphatic carbocycles. The Morgan fingerprint density at radius 3 is 2.91 bits per heavy atom. The van der Waals surface area contributed by atoms with Crippen LogP contribution in [0.4, 0.5) is 0 Å². The number of hydrogen-bond acceptors (Lipinski definition) is 4. The first-order valence-corrected chi connectivity index (χ1v) is 8.55. The second-order valence-corrected chi connectivity index (χ2v) is 7.28. The van der Waals surface area contributed by atoms with Crippen LogP contribution in [-0.2, 0) is 11.3 Å². The quantitative estimate of drug-likeness (QED) is 0.854. The van der Waals surface area contributed by atoms with Crippen LogP contribution in [0.15, 0.2) is 11.1 Å². The fraction of sp³-hybridized carbons (Fsp3) is 0.562. The molecule has 22 heavy (non-hydrogen) atoms. The number of hydrogen-bond donors (Lipinski definition) is 0. The first kappa shape index (κ1) is 15.2. The molecule has 0 N–H and O–H groups in total. The lowest BCUT2D eigenvalue weighted by Crippen LogP contribution is -2.44. The predicted molar refractivity (Wildman–Crippen MR) is 88.4 cm³/mol. The van der Waals surface area contributed by atoms with Crippen LogP contribution in [0.1, 0.15) is 36.6 Å². The number of nitrogens with zero attached hydrogens (tertiary/aromatic N) is 3. The third-order valence-electron chi connectivity index (χ3n) is 4.58. The predicted octanol–water partition coefficient (Wildman–Crippen LogP) is 2.48. The molecular formula is C16H21N3O2S. The zero-order valence-corrected chi connectivity index (χ0v) is 14.1. The molecule has 1 amide bonds. The monoisotopic (exact) mass is 319 g/mol. The number of aromatic nitrogens is 2. The highest BCUT2D eigenvalue weighted by Gasteiger charge is 2.24. The van der Waals surface area contributed by atoms with Gasteiger partial charge in [0.2, 0.25) is 5.91 Å². The number of carbonyl (C=O) groups excluding carboxylic acids is 1. The van der Waals surface area contributed by atoms with Gasteiger partial charge in [0.05, 0.1) is 11.7 Å². The van der Waals surface area contributed by atoms with Gasteiger partial charge < -0.3 is 4.90 Å². The highest BCUT2D eigenvalue weighted by Crippen LogP contribution is 2.25. The fourth-order valence-electron chi connectivity index (χ4n) is 3.09. The molecule has 3 rings (SSSR count). The van der Waals surface area contributed by atoms with E-state index in [1.807, 2.05) is 18.7 Å². The van der Waals surface area contributed by atoms with Crippen molar-refractivity contribution in [3.63, 3.8) is 0 Å². The summed E-state index contributed by atoms with van der Waals surface area (Å²) < 4.78 is 1.45. The average molecular weight is 319 g/mol. The fourth-order valence-corrected chi connectivity index (χ4v) is 4.08. The maximum atomic E-state index is 12.6. The number of amides is 1. The van der Waals surface area contributed by atoms with Crippen LogP contribution in [0.3, 0.4) is 0 Å². The number of carbonyl (C=O) groups is 1. The molecular weight excluding hydrogens is 298 g/mol. The minimum Gasteiger partial charge on any atom is -0.338 e. The summed E-state index contributed by atoms with van der Waals surface area (Å²) in [4.78, 5) is 33.2. The Bertz CT molecular complexity index is 778. The molecule has 118 valence electrons. The summed E-state index contributed by atoms with van der Waals surface area (Å²) in [6, 6.07) is 0.263. The highest BCUT2D eigenvalue weighted by molar-refractivity contribution is 7.18. The van der Waals surface area contributed by atoms with Gasteiger partial charge in [-0.15, -0.1) is 11.3 Å².